The van der Waals surface area contributed by atoms with Gasteiger partial charge in [-0.2, -0.15) is 0 Å². The Morgan fingerprint density at radius 3 is 2.42 bits per heavy atom. The zero-order valence-corrected chi connectivity index (χ0v) is 15.3. The molecule has 1 saturated heterocycles. The van der Waals surface area contributed by atoms with Crippen LogP contribution >= 0.6 is 0 Å². The van der Waals surface area contributed by atoms with E-state index in [1.54, 1.807) is 12.2 Å². The van der Waals surface area contributed by atoms with Crippen LogP contribution in [0.3, 0.4) is 0 Å². The first kappa shape index (κ1) is 18.1. The average molecular weight is 350 g/mol. The molecule has 0 saturated carbocycles. The number of hydrogen-bond acceptors (Lipinski definition) is 3. The molecule has 0 bridgehead atoms. The van der Waals surface area contributed by atoms with Crippen LogP contribution in [-0.2, 0) is 4.79 Å². The van der Waals surface area contributed by atoms with Gasteiger partial charge in [0.15, 0.2) is 0 Å². The van der Waals surface area contributed by atoms with Crippen LogP contribution in [0.5, 0.6) is 5.75 Å². The molecule has 1 heterocycles. The highest BCUT2D eigenvalue weighted by Crippen LogP contribution is 2.22. The van der Waals surface area contributed by atoms with Crippen molar-refractivity contribution in [2.24, 2.45) is 0 Å². The molecule has 1 fully saturated rings. The summed E-state index contributed by atoms with van der Waals surface area (Å²) in [5.41, 5.74) is 3.00. The lowest BCUT2D eigenvalue weighted by molar-refractivity contribution is -0.111. The molecule has 0 aromatic heterocycles. The van der Waals surface area contributed by atoms with Crippen LogP contribution in [0.25, 0.3) is 6.08 Å². The van der Waals surface area contributed by atoms with Crippen molar-refractivity contribution < 1.29 is 9.53 Å². The maximum Gasteiger partial charge on any atom is 0.248 e. The van der Waals surface area contributed by atoms with Gasteiger partial charge >= 0.3 is 0 Å². The van der Waals surface area contributed by atoms with Gasteiger partial charge in [-0.25, -0.2) is 0 Å². The zero-order valence-electron chi connectivity index (χ0n) is 15.3. The van der Waals surface area contributed by atoms with E-state index in [1.165, 1.54) is 18.5 Å². The molecule has 26 heavy (non-hydrogen) atoms. The third-order valence-electron chi connectivity index (χ3n) is 4.39. The third kappa shape index (κ3) is 5.12. The monoisotopic (exact) mass is 350 g/mol. The van der Waals surface area contributed by atoms with Gasteiger partial charge in [-0.05, 0) is 67.3 Å². The molecule has 2 aromatic rings. The summed E-state index contributed by atoms with van der Waals surface area (Å²) in [6, 6.07) is 15.8. The number of carbonyl (C=O) groups is 1. The summed E-state index contributed by atoms with van der Waals surface area (Å²) in [5, 5.41) is 2.90. The number of amides is 1. The summed E-state index contributed by atoms with van der Waals surface area (Å²) in [5.74, 6) is 0.719. The molecule has 2 aromatic carbocycles. The minimum Gasteiger partial charge on any atom is -0.494 e. The van der Waals surface area contributed by atoms with Crippen LogP contribution < -0.4 is 15.0 Å². The summed E-state index contributed by atoms with van der Waals surface area (Å²) in [4.78, 5) is 14.5. The Kier molecular flexibility index (Phi) is 6.31. The summed E-state index contributed by atoms with van der Waals surface area (Å²) in [6.07, 6.45) is 6.86. The molecule has 1 amide bonds. The van der Waals surface area contributed by atoms with E-state index in [9.17, 15) is 4.79 Å². The second kappa shape index (κ2) is 9.09. The highest BCUT2D eigenvalue weighted by Gasteiger charge is 2.11. The summed E-state index contributed by atoms with van der Waals surface area (Å²) in [7, 11) is 0. The summed E-state index contributed by atoms with van der Waals surface area (Å²) in [6.45, 7) is 5.04. The largest absolute Gasteiger partial charge is 0.494 e. The van der Waals surface area contributed by atoms with E-state index in [2.05, 4.69) is 29.3 Å². The van der Waals surface area contributed by atoms with E-state index in [1.807, 2.05) is 36.4 Å². The number of anilines is 2. The van der Waals surface area contributed by atoms with Gasteiger partial charge in [0.25, 0.3) is 0 Å². The van der Waals surface area contributed by atoms with Gasteiger partial charge in [0.05, 0.1) is 6.61 Å². The molecule has 3 rings (SSSR count). The lowest BCUT2D eigenvalue weighted by atomic mass is 10.2. The van der Waals surface area contributed by atoms with E-state index in [4.69, 9.17) is 4.74 Å². The minimum absolute atomic E-state index is 0.134. The quantitative estimate of drug-likeness (QED) is 0.734. The highest BCUT2D eigenvalue weighted by atomic mass is 16.5. The molecule has 4 nitrogen and oxygen atoms in total. The Labute approximate surface area is 155 Å². The van der Waals surface area contributed by atoms with Crippen LogP contribution in [0.4, 0.5) is 11.4 Å². The number of nitrogens with one attached hydrogen (secondary N) is 1. The molecular formula is C22H26N2O2. The Balaban J connectivity index is 1.52. The molecule has 4 heteroatoms. The predicted octanol–water partition coefficient (Wildman–Crippen LogP) is 4.73. The number of nitrogens with zero attached hydrogens (tertiary/aromatic N) is 1. The number of benzene rings is 2. The van der Waals surface area contributed by atoms with Gasteiger partial charge in [0, 0.05) is 30.5 Å². The van der Waals surface area contributed by atoms with Crippen molar-refractivity contribution in [3.05, 3.63) is 60.2 Å². The Morgan fingerprint density at radius 2 is 1.77 bits per heavy atom. The average Bonchev–Trinajstić information content (AvgIpc) is 3.21. The Hall–Kier alpha value is -2.75. The SMILES string of the molecule is CCCOc1ccc(/C=C/C(=O)Nc2ccc(N3CCCC3)cc2)cc1. The van der Waals surface area contributed by atoms with Crippen molar-refractivity contribution >= 4 is 23.4 Å². The molecule has 136 valence electrons. The predicted molar refractivity (Wildman–Crippen MR) is 108 cm³/mol. The van der Waals surface area contributed by atoms with Crippen LogP contribution in [0.1, 0.15) is 31.7 Å². The van der Waals surface area contributed by atoms with Gasteiger partial charge in [-0.3, -0.25) is 4.79 Å². The van der Waals surface area contributed by atoms with Gasteiger partial charge in [-0.15, -0.1) is 0 Å². The van der Waals surface area contributed by atoms with Gasteiger partial charge in [-0.1, -0.05) is 19.1 Å². The van der Waals surface area contributed by atoms with E-state index in [0.29, 0.717) is 6.61 Å². The molecule has 1 N–H and O–H groups in total. The Bertz CT molecular complexity index is 730. The summed E-state index contributed by atoms with van der Waals surface area (Å²) >= 11 is 0. The number of ether oxygens (including phenoxy) is 1. The normalized spacial score (nSPS) is 14.0. The first-order valence-electron chi connectivity index (χ1n) is 9.31. The number of rotatable bonds is 7. The van der Waals surface area contributed by atoms with Crippen molar-refractivity contribution in [3.8, 4) is 5.75 Å². The van der Waals surface area contributed by atoms with Gasteiger partial charge in [0.1, 0.15) is 5.75 Å². The first-order valence-corrected chi connectivity index (χ1v) is 9.31. The molecule has 0 unspecified atom stereocenters. The van der Waals surface area contributed by atoms with Crippen molar-refractivity contribution in [1.82, 2.24) is 0 Å². The highest BCUT2D eigenvalue weighted by molar-refractivity contribution is 6.02. The lowest BCUT2D eigenvalue weighted by Crippen LogP contribution is -2.17. The van der Waals surface area contributed by atoms with Crippen molar-refractivity contribution in [2.75, 3.05) is 29.9 Å². The fourth-order valence-electron chi connectivity index (χ4n) is 2.98. The van der Waals surface area contributed by atoms with Gasteiger partial charge in [0.2, 0.25) is 5.91 Å². The molecule has 1 aliphatic rings. The van der Waals surface area contributed by atoms with Crippen LogP contribution in [0.15, 0.2) is 54.6 Å². The molecule has 0 radical (unpaired) electrons. The number of carbonyl (C=O) groups excluding carboxylic acids is 1. The number of hydrogen-bond donors (Lipinski definition) is 1. The van der Waals surface area contributed by atoms with Crippen LogP contribution in [0.2, 0.25) is 0 Å². The van der Waals surface area contributed by atoms with Crippen molar-refractivity contribution in [3.63, 3.8) is 0 Å². The van der Waals surface area contributed by atoms with Crippen molar-refractivity contribution in [2.45, 2.75) is 26.2 Å². The second-order valence-electron chi connectivity index (χ2n) is 6.48. The van der Waals surface area contributed by atoms with Gasteiger partial charge < -0.3 is 15.0 Å². The fourth-order valence-corrected chi connectivity index (χ4v) is 2.98. The minimum atomic E-state index is -0.134. The van der Waals surface area contributed by atoms with E-state index in [-0.39, 0.29) is 5.91 Å². The van der Waals surface area contributed by atoms with E-state index >= 15 is 0 Å². The fraction of sp³-hybridized carbons (Fsp3) is 0.318. The molecular weight excluding hydrogens is 324 g/mol. The summed E-state index contributed by atoms with van der Waals surface area (Å²) < 4.78 is 5.55. The van der Waals surface area contributed by atoms with Crippen LogP contribution in [-0.4, -0.2) is 25.6 Å². The lowest BCUT2D eigenvalue weighted by Gasteiger charge is -2.17. The maximum absolute atomic E-state index is 12.1. The molecule has 0 spiro atoms. The smallest absolute Gasteiger partial charge is 0.248 e. The maximum atomic E-state index is 12.1. The standard InChI is InChI=1S/C22H26N2O2/c1-2-17-26-21-12-5-18(6-13-21)7-14-22(25)23-19-8-10-20(11-9-19)24-15-3-4-16-24/h5-14H,2-4,15-17H2,1H3,(H,23,25)/b14-7+. The van der Waals surface area contributed by atoms with E-state index < -0.39 is 0 Å². The second-order valence-corrected chi connectivity index (χ2v) is 6.48. The molecule has 0 aliphatic carbocycles. The van der Waals surface area contributed by atoms with Crippen LogP contribution in [0, 0.1) is 0 Å². The zero-order chi connectivity index (χ0) is 18.2. The topological polar surface area (TPSA) is 41.6 Å². The van der Waals surface area contributed by atoms with E-state index in [0.717, 1.165) is 36.5 Å². The molecule has 1 aliphatic heterocycles. The first-order chi connectivity index (χ1) is 12.7. The molecule has 0 atom stereocenters. The Morgan fingerprint density at radius 1 is 1.08 bits per heavy atom. The van der Waals surface area contributed by atoms with Crippen molar-refractivity contribution in [1.29, 1.82) is 0 Å². The third-order valence-corrected chi connectivity index (χ3v) is 4.39.